The molecule has 0 saturated heterocycles. The van der Waals surface area contributed by atoms with Crippen LogP contribution in [0.25, 0.3) is 0 Å². The maximum absolute atomic E-state index is 11.2. The standard InChI is InChI=1S/C9H8N2O5/c1-16-9(13)6-2-5(8(10)12)3-7(4-6)11(14)15/h2-4H,1H3,(H2,10,12). The summed E-state index contributed by atoms with van der Waals surface area (Å²) < 4.78 is 4.39. The zero-order chi connectivity index (χ0) is 12.3. The van der Waals surface area contributed by atoms with E-state index >= 15 is 0 Å². The Morgan fingerprint density at radius 3 is 2.31 bits per heavy atom. The quantitative estimate of drug-likeness (QED) is 0.455. The summed E-state index contributed by atoms with van der Waals surface area (Å²) in [6.45, 7) is 0. The van der Waals surface area contributed by atoms with E-state index < -0.39 is 22.5 Å². The molecule has 7 heteroatoms. The van der Waals surface area contributed by atoms with Crippen molar-refractivity contribution in [3.63, 3.8) is 0 Å². The first kappa shape index (κ1) is 11.6. The fraction of sp³-hybridized carbons (Fsp3) is 0.111. The van der Waals surface area contributed by atoms with Gasteiger partial charge in [-0.05, 0) is 6.07 Å². The van der Waals surface area contributed by atoms with Crippen LogP contribution in [0, 0.1) is 10.1 Å². The van der Waals surface area contributed by atoms with Crippen molar-refractivity contribution in [2.75, 3.05) is 7.11 Å². The third kappa shape index (κ3) is 2.32. The fourth-order valence-corrected chi connectivity index (χ4v) is 1.09. The van der Waals surface area contributed by atoms with Gasteiger partial charge in [-0.25, -0.2) is 4.79 Å². The van der Waals surface area contributed by atoms with E-state index in [0.717, 1.165) is 25.3 Å². The molecule has 1 aromatic carbocycles. The maximum Gasteiger partial charge on any atom is 0.338 e. The fourth-order valence-electron chi connectivity index (χ4n) is 1.09. The van der Waals surface area contributed by atoms with Gasteiger partial charge in [0.1, 0.15) is 0 Å². The number of hydrogen-bond donors (Lipinski definition) is 1. The molecule has 0 heterocycles. The lowest BCUT2D eigenvalue weighted by atomic mass is 10.1. The number of amides is 1. The molecule has 16 heavy (non-hydrogen) atoms. The Hall–Kier alpha value is -2.44. The number of primary amides is 1. The third-order valence-corrected chi connectivity index (χ3v) is 1.83. The lowest BCUT2D eigenvalue weighted by Crippen LogP contribution is -2.13. The van der Waals surface area contributed by atoms with Crippen LogP contribution in [0.15, 0.2) is 18.2 Å². The largest absolute Gasteiger partial charge is 0.465 e. The predicted octanol–water partition coefficient (Wildman–Crippen LogP) is 0.480. The Labute approximate surface area is 90.0 Å². The molecule has 0 radical (unpaired) electrons. The number of carbonyl (C=O) groups excluding carboxylic acids is 2. The van der Waals surface area contributed by atoms with Gasteiger partial charge >= 0.3 is 5.97 Å². The van der Waals surface area contributed by atoms with E-state index in [1.54, 1.807) is 0 Å². The zero-order valence-corrected chi connectivity index (χ0v) is 8.30. The minimum absolute atomic E-state index is 0.0921. The number of nitro benzene ring substituents is 1. The first-order valence-electron chi connectivity index (χ1n) is 4.13. The van der Waals surface area contributed by atoms with Crippen LogP contribution in [-0.4, -0.2) is 23.9 Å². The summed E-state index contributed by atoms with van der Waals surface area (Å²) in [5, 5.41) is 10.5. The average molecular weight is 224 g/mol. The number of ether oxygens (including phenoxy) is 1. The van der Waals surface area contributed by atoms with Crippen molar-refractivity contribution in [3.8, 4) is 0 Å². The minimum atomic E-state index is -0.853. The lowest BCUT2D eigenvalue weighted by Gasteiger charge is -2.01. The van der Waals surface area contributed by atoms with Crippen molar-refractivity contribution < 1.29 is 19.2 Å². The predicted molar refractivity (Wildman–Crippen MR) is 53.0 cm³/mol. The maximum atomic E-state index is 11.2. The van der Waals surface area contributed by atoms with E-state index in [0.29, 0.717) is 0 Å². The van der Waals surface area contributed by atoms with Crippen molar-refractivity contribution in [1.29, 1.82) is 0 Å². The van der Waals surface area contributed by atoms with Gasteiger partial charge in [0.2, 0.25) is 5.91 Å². The normalized spacial score (nSPS) is 9.56. The van der Waals surface area contributed by atoms with Crippen LogP contribution >= 0.6 is 0 Å². The molecule has 0 bridgehead atoms. The highest BCUT2D eigenvalue weighted by Crippen LogP contribution is 2.17. The average Bonchev–Trinajstić information content (AvgIpc) is 2.27. The summed E-state index contributed by atoms with van der Waals surface area (Å²) in [6.07, 6.45) is 0. The van der Waals surface area contributed by atoms with Crippen LogP contribution in [0.4, 0.5) is 5.69 Å². The van der Waals surface area contributed by atoms with Gasteiger partial charge in [0, 0.05) is 17.7 Å². The molecule has 0 aliphatic heterocycles. The van der Waals surface area contributed by atoms with E-state index in [9.17, 15) is 19.7 Å². The summed E-state index contributed by atoms with van der Waals surface area (Å²) in [5.74, 6) is -1.62. The van der Waals surface area contributed by atoms with Crippen molar-refractivity contribution in [3.05, 3.63) is 39.4 Å². The van der Waals surface area contributed by atoms with Gasteiger partial charge in [-0.3, -0.25) is 14.9 Å². The summed E-state index contributed by atoms with van der Waals surface area (Å²) in [5.41, 5.74) is 4.38. The molecule has 0 spiro atoms. The first-order chi connectivity index (χ1) is 7.45. The van der Waals surface area contributed by atoms with E-state index in [4.69, 9.17) is 5.73 Å². The topological polar surface area (TPSA) is 113 Å². The van der Waals surface area contributed by atoms with Gasteiger partial charge in [-0.1, -0.05) is 0 Å². The van der Waals surface area contributed by atoms with E-state index in [1.165, 1.54) is 0 Å². The Balaban J connectivity index is 3.35. The highest BCUT2D eigenvalue weighted by atomic mass is 16.6. The second-order valence-electron chi connectivity index (χ2n) is 2.88. The van der Waals surface area contributed by atoms with E-state index in [2.05, 4.69) is 4.74 Å². The summed E-state index contributed by atoms with van der Waals surface area (Å²) in [4.78, 5) is 31.9. The van der Waals surface area contributed by atoms with Crippen LogP contribution in [0.3, 0.4) is 0 Å². The van der Waals surface area contributed by atoms with Gasteiger partial charge < -0.3 is 10.5 Å². The van der Waals surface area contributed by atoms with Crippen LogP contribution in [-0.2, 0) is 4.74 Å². The van der Waals surface area contributed by atoms with Crippen molar-refractivity contribution in [2.24, 2.45) is 5.73 Å². The number of carbonyl (C=O) groups is 2. The second kappa shape index (κ2) is 4.39. The Morgan fingerprint density at radius 1 is 1.31 bits per heavy atom. The van der Waals surface area contributed by atoms with Gasteiger partial charge in [0.15, 0.2) is 0 Å². The van der Waals surface area contributed by atoms with Crippen molar-refractivity contribution in [1.82, 2.24) is 0 Å². The lowest BCUT2D eigenvalue weighted by molar-refractivity contribution is -0.384. The Bertz CT molecular complexity index is 437. The second-order valence-corrected chi connectivity index (χ2v) is 2.88. The van der Waals surface area contributed by atoms with E-state index in [1.807, 2.05) is 0 Å². The number of methoxy groups -OCH3 is 1. The highest BCUT2D eigenvalue weighted by Gasteiger charge is 2.16. The van der Waals surface area contributed by atoms with Crippen molar-refractivity contribution >= 4 is 17.6 Å². The van der Waals surface area contributed by atoms with Gasteiger partial charge in [0.05, 0.1) is 17.6 Å². The number of esters is 1. The first-order valence-corrected chi connectivity index (χ1v) is 4.13. The molecule has 0 aliphatic carbocycles. The Kier molecular flexibility index (Phi) is 3.19. The summed E-state index contributed by atoms with van der Waals surface area (Å²) in [6, 6.07) is 3.15. The molecule has 2 N–H and O–H groups in total. The molecule has 7 nitrogen and oxygen atoms in total. The van der Waals surface area contributed by atoms with Gasteiger partial charge in [0.25, 0.3) is 5.69 Å². The van der Waals surface area contributed by atoms with Gasteiger partial charge in [-0.2, -0.15) is 0 Å². The highest BCUT2D eigenvalue weighted by molar-refractivity contribution is 5.98. The van der Waals surface area contributed by atoms with Crippen LogP contribution in [0.1, 0.15) is 20.7 Å². The molecule has 0 atom stereocenters. The summed E-state index contributed by atoms with van der Waals surface area (Å²) in [7, 11) is 1.13. The number of hydrogen-bond acceptors (Lipinski definition) is 5. The number of nitrogens with two attached hydrogens (primary N) is 1. The van der Waals surface area contributed by atoms with Crippen LogP contribution in [0.2, 0.25) is 0 Å². The zero-order valence-electron chi connectivity index (χ0n) is 8.30. The van der Waals surface area contributed by atoms with Crippen molar-refractivity contribution in [2.45, 2.75) is 0 Å². The number of nitrogens with zero attached hydrogens (tertiary/aromatic N) is 1. The molecule has 0 aliphatic rings. The summed E-state index contributed by atoms with van der Waals surface area (Å²) >= 11 is 0. The molecule has 1 aromatic rings. The number of rotatable bonds is 3. The molecule has 0 fully saturated rings. The molecule has 0 saturated carbocycles. The molecule has 1 rings (SSSR count). The monoisotopic (exact) mass is 224 g/mol. The Morgan fingerprint density at radius 2 is 1.88 bits per heavy atom. The molecular weight excluding hydrogens is 216 g/mol. The molecular formula is C9H8N2O5. The number of nitro groups is 1. The van der Waals surface area contributed by atoms with Crippen LogP contribution in [0.5, 0.6) is 0 Å². The molecule has 84 valence electrons. The smallest absolute Gasteiger partial charge is 0.338 e. The minimum Gasteiger partial charge on any atom is -0.465 e. The number of benzene rings is 1. The molecule has 1 amide bonds. The molecule has 0 aromatic heterocycles. The van der Waals surface area contributed by atoms with Crippen LogP contribution < -0.4 is 5.73 Å². The SMILES string of the molecule is COC(=O)c1cc(C(N)=O)cc([N+](=O)[O-])c1. The number of non-ortho nitro benzene ring substituents is 1. The van der Waals surface area contributed by atoms with E-state index in [-0.39, 0.29) is 11.1 Å². The van der Waals surface area contributed by atoms with Gasteiger partial charge in [-0.15, -0.1) is 0 Å². The third-order valence-electron chi connectivity index (χ3n) is 1.83. The molecule has 0 unspecified atom stereocenters.